The summed E-state index contributed by atoms with van der Waals surface area (Å²) < 4.78 is 4.76. The highest BCUT2D eigenvalue weighted by Crippen LogP contribution is 2.25. The number of aromatic hydroxyl groups is 1. The molecule has 0 spiro atoms. The van der Waals surface area contributed by atoms with Crippen LogP contribution in [0.4, 0.5) is 0 Å². The van der Waals surface area contributed by atoms with Crippen LogP contribution in [0.15, 0.2) is 18.2 Å². The maximum atomic E-state index is 9.11. The van der Waals surface area contributed by atoms with Crippen molar-refractivity contribution in [1.82, 2.24) is 4.37 Å². The fourth-order valence-electron chi connectivity index (χ4n) is 1.01. The van der Waals surface area contributed by atoms with E-state index in [9.17, 15) is 0 Å². The number of rotatable bonds is 0. The van der Waals surface area contributed by atoms with Gasteiger partial charge in [-0.05, 0) is 29.7 Å². The normalized spacial score (nSPS) is 9.92. The van der Waals surface area contributed by atoms with Crippen molar-refractivity contribution in [3.63, 3.8) is 0 Å². The second-order valence-electron chi connectivity index (χ2n) is 2.32. The molecule has 1 aromatic heterocycles. The van der Waals surface area contributed by atoms with Crippen LogP contribution >= 0.6 is 11.5 Å². The molecule has 0 aliphatic rings. The molecule has 3 nitrogen and oxygen atoms in total. The van der Waals surface area contributed by atoms with E-state index in [1.54, 1.807) is 18.2 Å². The van der Waals surface area contributed by atoms with Crippen molar-refractivity contribution < 1.29 is 5.11 Å². The Morgan fingerprint density at radius 3 is 3.08 bits per heavy atom. The smallest absolute Gasteiger partial charge is 0.162 e. The maximum absolute atomic E-state index is 9.11. The predicted molar refractivity (Wildman–Crippen MR) is 46.0 cm³/mol. The van der Waals surface area contributed by atoms with E-state index in [0.717, 1.165) is 10.1 Å². The summed E-state index contributed by atoms with van der Waals surface area (Å²) in [5.41, 5.74) is 0.426. The highest BCUT2D eigenvalue weighted by atomic mass is 32.1. The Morgan fingerprint density at radius 1 is 1.50 bits per heavy atom. The number of nitrogens with zero attached hydrogens (tertiary/aromatic N) is 2. The van der Waals surface area contributed by atoms with Crippen molar-refractivity contribution in [2.75, 3.05) is 0 Å². The van der Waals surface area contributed by atoms with Crippen molar-refractivity contribution >= 4 is 21.6 Å². The van der Waals surface area contributed by atoms with Gasteiger partial charge in [0.25, 0.3) is 0 Å². The SMILES string of the molecule is N#Cc1nsc2cc(O)ccc12. The number of hydrogen-bond acceptors (Lipinski definition) is 4. The summed E-state index contributed by atoms with van der Waals surface area (Å²) in [4.78, 5) is 0. The number of nitriles is 1. The summed E-state index contributed by atoms with van der Waals surface area (Å²) >= 11 is 1.22. The number of phenolic OH excluding ortho intramolecular Hbond substituents is 1. The van der Waals surface area contributed by atoms with E-state index < -0.39 is 0 Å². The first-order valence-corrected chi connectivity index (χ1v) is 4.07. The average Bonchev–Trinajstić information content (AvgIpc) is 2.46. The molecule has 58 valence electrons. The second kappa shape index (κ2) is 2.47. The first kappa shape index (κ1) is 7.07. The summed E-state index contributed by atoms with van der Waals surface area (Å²) in [6.45, 7) is 0. The maximum Gasteiger partial charge on any atom is 0.162 e. The van der Waals surface area contributed by atoms with Crippen LogP contribution in [0.25, 0.3) is 10.1 Å². The van der Waals surface area contributed by atoms with Crippen molar-refractivity contribution in [2.24, 2.45) is 0 Å². The van der Waals surface area contributed by atoms with Gasteiger partial charge in [-0.1, -0.05) is 0 Å². The van der Waals surface area contributed by atoms with Gasteiger partial charge in [-0.15, -0.1) is 0 Å². The molecule has 2 aromatic rings. The molecule has 1 heterocycles. The van der Waals surface area contributed by atoms with Crippen LogP contribution in [-0.4, -0.2) is 9.48 Å². The molecular weight excluding hydrogens is 172 g/mol. The molecule has 0 amide bonds. The van der Waals surface area contributed by atoms with Gasteiger partial charge in [0, 0.05) is 5.39 Å². The van der Waals surface area contributed by atoms with E-state index in [0.29, 0.717) is 5.69 Å². The Kier molecular flexibility index (Phi) is 1.45. The molecule has 1 aromatic carbocycles. The summed E-state index contributed by atoms with van der Waals surface area (Å²) in [5.74, 6) is 0.204. The number of phenols is 1. The van der Waals surface area contributed by atoms with Gasteiger partial charge >= 0.3 is 0 Å². The number of benzene rings is 1. The van der Waals surface area contributed by atoms with Gasteiger partial charge < -0.3 is 5.11 Å². The molecule has 0 saturated carbocycles. The molecule has 0 saturated heterocycles. The Morgan fingerprint density at radius 2 is 2.33 bits per heavy atom. The number of hydrogen-bond donors (Lipinski definition) is 1. The predicted octanol–water partition coefficient (Wildman–Crippen LogP) is 1.87. The van der Waals surface area contributed by atoms with Crippen LogP contribution in [0, 0.1) is 11.3 Å². The molecule has 4 heteroatoms. The minimum absolute atomic E-state index is 0.204. The zero-order valence-corrected chi connectivity index (χ0v) is 6.80. The minimum atomic E-state index is 0.204. The van der Waals surface area contributed by atoms with Gasteiger partial charge in [-0.2, -0.15) is 9.64 Å². The van der Waals surface area contributed by atoms with E-state index in [2.05, 4.69) is 4.37 Å². The zero-order chi connectivity index (χ0) is 8.55. The molecule has 0 aliphatic heterocycles. The standard InChI is InChI=1S/C8H4N2OS/c9-4-7-6-2-1-5(11)3-8(6)12-10-7/h1-3,11H. The lowest BCUT2D eigenvalue weighted by molar-refractivity contribution is 0.476. The van der Waals surface area contributed by atoms with Gasteiger partial charge in [0.2, 0.25) is 0 Å². The molecule has 12 heavy (non-hydrogen) atoms. The van der Waals surface area contributed by atoms with Crippen molar-refractivity contribution in [1.29, 1.82) is 5.26 Å². The molecule has 1 N–H and O–H groups in total. The van der Waals surface area contributed by atoms with Gasteiger partial charge in [0.05, 0.1) is 4.70 Å². The second-order valence-corrected chi connectivity index (χ2v) is 3.13. The first-order valence-electron chi connectivity index (χ1n) is 3.30. The van der Waals surface area contributed by atoms with Gasteiger partial charge in [0.15, 0.2) is 5.69 Å². The minimum Gasteiger partial charge on any atom is -0.508 e. The molecule has 0 fully saturated rings. The van der Waals surface area contributed by atoms with Gasteiger partial charge in [-0.25, -0.2) is 0 Å². The van der Waals surface area contributed by atoms with E-state index >= 15 is 0 Å². The third-order valence-corrected chi connectivity index (χ3v) is 2.37. The molecule has 0 unspecified atom stereocenters. The fourth-order valence-corrected chi connectivity index (χ4v) is 1.77. The van der Waals surface area contributed by atoms with E-state index in [4.69, 9.17) is 10.4 Å². The fraction of sp³-hybridized carbons (Fsp3) is 0. The summed E-state index contributed by atoms with van der Waals surface area (Å²) in [6.07, 6.45) is 0. The third-order valence-electron chi connectivity index (χ3n) is 1.56. The topological polar surface area (TPSA) is 56.9 Å². The van der Waals surface area contributed by atoms with Crippen LogP contribution in [0.3, 0.4) is 0 Å². The third kappa shape index (κ3) is 0.917. The Hall–Kier alpha value is -1.60. The zero-order valence-electron chi connectivity index (χ0n) is 5.98. The van der Waals surface area contributed by atoms with Gasteiger partial charge in [-0.3, -0.25) is 0 Å². The molecule has 0 radical (unpaired) electrons. The summed E-state index contributed by atoms with van der Waals surface area (Å²) in [5, 5.41) is 18.5. The average molecular weight is 176 g/mol. The van der Waals surface area contributed by atoms with Crippen LogP contribution in [0.5, 0.6) is 5.75 Å². The van der Waals surface area contributed by atoms with Crippen molar-refractivity contribution in [3.8, 4) is 11.8 Å². The lowest BCUT2D eigenvalue weighted by Crippen LogP contribution is -1.71. The summed E-state index contributed by atoms with van der Waals surface area (Å²) in [7, 11) is 0. The van der Waals surface area contributed by atoms with Crippen LogP contribution in [0.1, 0.15) is 5.69 Å². The van der Waals surface area contributed by atoms with Crippen LogP contribution in [0.2, 0.25) is 0 Å². The van der Waals surface area contributed by atoms with Crippen LogP contribution < -0.4 is 0 Å². The highest BCUT2D eigenvalue weighted by Gasteiger charge is 2.04. The first-order chi connectivity index (χ1) is 5.81. The van der Waals surface area contributed by atoms with E-state index in [-0.39, 0.29) is 5.75 Å². The van der Waals surface area contributed by atoms with E-state index in [1.165, 1.54) is 11.5 Å². The molecule has 2 rings (SSSR count). The lowest BCUT2D eigenvalue weighted by atomic mass is 10.2. The van der Waals surface area contributed by atoms with E-state index in [1.807, 2.05) is 6.07 Å². The molecule has 0 aliphatic carbocycles. The number of fused-ring (bicyclic) bond motifs is 1. The molecular formula is C8H4N2OS. The highest BCUT2D eigenvalue weighted by molar-refractivity contribution is 7.13. The largest absolute Gasteiger partial charge is 0.508 e. The Labute approximate surface area is 72.7 Å². The number of aromatic nitrogens is 1. The Bertz CT molecular complexity index is 469. The monoisotopic (exact) mass is 176 g/mol. The quantitative estimate of drug-likeness (QED) is 0.666. The Balaban J connectivity index is 2.84. The van der Waals surface area contributed by atoms with Crippen LogP contribution in [-0.2, 0) is 0 Å². The lowest BCUT2D eigenvalue weighted by Gasteiger charge is -1.89. The molecule has 0 atom stereocenters. The summed E-state index contributed by atoms with van der Waals surface area (Å²) in [6, 6.07) is 6.85. The van der Waals surface area contributed by atoms with Crippen molar-refractivity contribution in [3.05, 3.63) is 23.9 Å². The van der Waals surface area contributed by atoms with Gasteiger partial charge in [0.1, 0.15) is 11.8 Å². The molecule has 0 bridgehead atoms. The van der Waals surface area contributed by atoms with Crippen molar-refractivity contribution in [2.45, 2.75) is 0 Å².